The van der Waals surface area contributed by atoms with Crippen LogP contribution < -0.4 is 0 Å². The summed E-state index contributed by atoms with van der Waals surface area (Å²) in [6, 6.07) is 67.5. The number of benzene rings is 9. The van der Waals surface area contributed by atoms with Gasteiger partial charge in [-0.2, -0.15) is 0 Å². The summed E-state index contributed by atoms with van der Waals surface area (Å²) in [5.41, 5.74) is 15.3. The Morgan fingerprint density at radius 2 is 0.906 bits per heavy atom. The molecule has 0 saturated heterocycles. The number of para-hydroxylation sites is 1. The normalized spacial score (nSPS) is 12.5. The summed E-state index contributed by atoms with van der Waals surface area (Å²) in [4.78, 5) is 0. The molecule has 0 amide bonds. The molecule has 0 atom stereocenters. The van der Waals surface area contributed by atoms with E-state index in [4.69, 9.17) is 0 Å². The maximum absolute atomic E-state index is 2.52. The highest BCUT2D eigenvalue weighted by Gasteiger charge is 2.25. The Hall–Kier alpha value is -6.90. The lowest BCUT2D eigenvalue weighted by Crippen LogP contribution is -1.96. The molecule has 0 fully saturated rings. The summed E-state index contributed by atoms with van der Waals surface area (Å²) in [5.74, 6) is 0. The van der Waals surface area contributed by atoms with E-state index < -0.39 is 0 Å². The molecule has 2 heteroatoms. The molecule has 0 radical (unpaired) electrons. The largest absolute Gasteiger partial charge is 0.309 e. The van der Waals surface area contributed by atoms with Crippen molar-refractivity contribution in [3.05, 3.63) is 193 Å². The Balaban J connectivity index is 1.09. The molecular weight excluding hydrogens is 641 g/mol. The van der Waals surface area contributed by atoms with E-state index in [0.717, 1.165) is 6.42 Å². The summed E-state index contributed by atoms with van der Waals surface area (Å²) in [7, 11) is 0. The number of fused-ring (bicyclic) bond motifs is 12. The highest BCUT2D eigenvalue weighted by molar-refractivity contribution is 6.17. The van der Waals surface area contributed by atoms with Crippen LogP contribution in [-0.4, -0.2) is 9.13 Å². The quantitative estimate of drug-likeness (QED) is 0.177. The average Bonchev–Trinajstić information content (AvgIpc) is 3.87. The first-order valence-electron chi connectivity index (χ1n) is 18.5. The molecule has 1 aliphatic rings. The molecule has 2 aromatic heterocycles. The van der Waals surface area contributed by atoms with Crippen LogP contribution in [0.5, 0.6) is 0 Å². The van der Waals surface area contributed by atoms with Crippen LogP contribution in [-0.2, 0) is 6.42 Å². The van der Waals surface area contributed by atoms with E-state index in [9.17, 15) is 0 Å². The number of hydrogen-bond acceptors (Lipinski definition) is 0. The van der Waals surface area contributed by atoms with Crippen molar-refractivity contribution in [1.82, 2.24) is 9.13 Å². The standard InChI is InChI=1S/C51H32N2/c1-3-11-34-28-40(22-17-32(34)9-1)52-47-16-8-7-15-43(47)45-30-36(20-25-48(45)52)37-21-26-49-46(31-37)44-24-19-39-27-38-13-5-6-14-42(38)50(39)51(44)53(49)41-23-18-33-10-2-4-12-35(33)29-41/h1-26,28-31H,27H2. The second kappa shape index (κ2) is 10.8. The summed E-state index contributed by atoms with van der Waals surface area (Å²) in [6.07, 6.45) is 0.971. The van der Waals surface area contributed by atoms with Gasteiger partial charge in [0.15, 0.2) is 0 Å². The summed E-state index contributed by atoms with van der Waals surface area (Å²) >= 11 is 0. The van der Waals surface area contributed by atoms with Gasteiger partial charge in [0, 0.05) is 38.5 Å². The Kier molecular flexibility index (Phi) is 5.86. The van der Waals surface area contributed by atoms with Crippen molar-refractivity contribution in [2.45, 2.75) is 6.42 Å². The molecule has 1 aliphatic carbocycles. The van der Waals surface area contributed by atoms with Crippen molar-refractivity contribution in [2.24, 2.45) is 0 Å². The molecule has 2 nitrogen and oxygen atoms in total. The van der Waals surface area contributed by atoms with Crippen LogP contribution in [0.1, 0.15) is 11.1 Å². The maximum Gasteiger partial charge on any atom is 0.0622 e. The third-order valence-corrected chi connectivity index (χ3v) is 11.7. The zero-order valence-electron chi connectivity index (χ0n) is 28.9. The second-order valence-electron chi connectivity index (χ2n) is 14.5. The fourth-order valence-corrected chi connectivity index (χ4v) is 9.23. The van der Waals surface area contributed by atoms with E-state index in [0.29, 0.717) is 0 Å². The summed E-state index contributed by atoms with van der Waals surface area (Å²) in [5, 5.41) is 10.1. The van der Waals surface area contributed by atoms with Gasteiger partial charge in [0.25, 0.3) is 0 Å². The van der Waals surface area contributed by atoms with Gasteiger partial charge < -0.3 is 9.13 Å². The van der Waals surface area contributed by atoms with E-state index in [-0.39, 0.29) is 0 Å². The van der Waals surface area contributed by atoms with Gasteiger partial charge in [0.2, 0.25) is 0 Å². The van der Waals surface area contributed by atoms with Crippen molar-refractivity contribution >= 4 is 65.2 Å². The smallest absolute Gasteiger partial charge is 0.0622 e. The highest BCUT2D eigenvalue weighted by atomic mass is 15.0. The minimum Gasteiger partial charge on any atom is -0.309 e. The molecule has 0 aliphatic heterocycles. The second-order valence-corrected chi connectivity index (χ2v) is 14.5. The van der Waals surface area contributed by atoms with Crippen LogP contribution in [0.2, 0.25) is 0 Å². The molecule has 0 spiro atoms. The molecule has 0 bridgehead atoms. The Morgan fingerprint density at radius 3 is 1.64 bits per heavy atom. The molecule has 9 aromatic carbocycles. The Bertz CT molecular complexity index is 3320. The highest BCUT2D eigenvalue weighted by Crippen LogP contribution is 2.46. The van der Waals surface area contributed by atoms with Gasteiger partial charge in [0.05, 0.1) is 22.1 Å². The first-order valence-corrected chi connectivity index (χ1v) is 18.5. The van der Waals surface area contributed by atoms with Crippen molar-refractivity contribution in [3.8, 4) is 33.6 Å². The lowest BCUT2D eigenvalue weighted by Gasteiger charge is -2.13. The van der Waals surface area contributed by atoms with Crippen LogP contribution in [0.15, 0.2) is 182 Å². The third-order valence-electron chi connectivity index (χ3n) is 11.7. The zero-order chi connectivity index (χ0) is 34.6. The van der Waals surface area contributed by atoms with Gasteiger partial charge in [-0.25, -0.2) is 0 Å². The molecule has 0 N–H and O–H groups in total. The SMILES string of the molecule is c1ccc2c(c1)Cc1ccc3c4cc(-c5ccc6c(c5)c5ccccc5n6-c5ccc6ccccc6c5)ccc4n(-c4ccc5ccccc5c4)c3c1-2. The van der Waals surface area contributed by atoms with Crippen LogP contribution >= 0.6 is 0 Å². The van der Waals surface area contributed by atoms with Crippen molar-refractivity contribution in [3.63, 3.8) is 0 Å². The van der Waals surface area contributed by atoms with E-state index in [1.807, 2.05) is 0 Å². The van der Waals surface area contributed by atoms with Crippen LogP contribution in [0, 0.1) is 0 Å². The van der Waals surface area contributed by atoms with Crippen molar-refractivity contribution in [1.29, 1.82) is 0 Å². The Morgan fingerprint density at radius 1 is 0.340 bits per heavy atom. The van der Waals surface area contributed by atoms with Gasteiger partial charge in [0.1, 0.15) is 0 Å². The predicted molar refractivity (Wildman–Crippen MR) is 224 cm³/mol. The number of nitrogens with zero attached hydrogens (tertiary/aromatic N) is 2. The van der Waals surface area contributed by atoms with Crippen molar-refractivity contribution < 1.29 is 0 Å². The average molecular weight is 673 g/mol. The van der Waals surface area contributed by atoms with Crippen LogP contribution in [0.4, 0.5) is 0 Å². The van der Waals surface area contributed by atoms with E-state index in [1.54, 1.807) is 0 Å². The molecule has 0 unspecified atom stereocenters. The molecule has 2 heterocycles. The fourth-order valence-electron chi connectivity index (χ4n) is 9.23. The lowest BCUT2D eigenvalue weighted by atomic mass is 9.99. The minimum absolute atomic E-state index is 0.971. The van der Waals surface area contributed by atoms with E-state index in [1.165, 1.54) is 110 Å². The molecule has 11 aromatic rings. The molecule has 246 valence electrons. The zero-order valence-corrected chi connectivity index (χ0v) is 28.9. The third kappa shape index (κ3) is 4.15. The van der Waals surface area contributed by atoms with Crippen LogP contribution in [0.3, 0.4) is 0 Å². The van der Waals surface area contributed by atoms with Crippen molar-refractivity contribution in [2.75, 3.05) is 0 Å². The number of aromatic nitrogens is 2. The van der Waals surface area contributed by atoms with Gasteiger partial charge in [-0.05, 0) is 110 Å². The van der Waals surface area contributed by atoms with Gasteiger partial charge in [-0.15, -0.1) is 0 Å². The lowest BCUT2D eigenvalue weighted by molar-refractivity contribution is 1.18. The fraction of sp³-hybridized carbons (Fsp3) is 0.0196. The predicted octanol–water partition coefficient (Wildman–Crippen LogP) is 13.4. The summed E-state index contributed by atoms with van der Waals surface area (Å²) in [6.45, 7) is 0. The monoisotopic (exact) mass is 672 g/mol. The number of hydrogen-bond donors (Lipinski definition) is 0. The first-order chi connectivity index (χ1) is 26.3. The molecular formula is C51H32N2. The number of rotatable bonds is 3. The molecule has 53 heavy (non-hydrogen) atoms. The molecule has 12 rings (SSSR count). The topological polar surface area (TPSA) is 9.86 Å². The van der Waals surface area contributed by atoms with Gasteiger partial charge in [-0.3, -0.25) is 0 Å². The van der Waals surface area contributed by atoms with E-state index in [2.05, 4.69) is 191 Å². The Labute approximate surface area is 306 Å². The van der Waals surface area contributed by atoms with Gasteiger partial charge >= 0.3 is 0 Å². The van der Waals surface area contributed by atoms with E-state index >= 15 is 0 Å². The minimum atomic E-state index is 0.971. The summed E-state index contributed by atoms with van der Waals surface area (Å²) < 4.78 is 4.93. The molecule has 0 saturated carbocycles. The van der Waals surface area contributed by atoms with Crippen LogP contribution in [0.25, 0.3) is 98.8 Å². The van der Waals surface area contributed by atoms with Gasteiger partial charge in [-0.1, -0.05) is 127 Å². The maximum atomic E-state index is 2.52. The first kappa shape index (κ1) is 28.8.